The highest BCUT2D eigenvalue weighted by Gasteiger charge is 2.24. The zero-order chi connectivity index (χ0) is 14.9. The van der Waals surface area contributed by atoms with Gasteiger partial charge in [0.25, 0.3) is 10.0 Å². The Bertz CT molecular complexity index is 716. The van der Waals surface area contributed by atoms with Gasteiger partial charge in [-0.2, -0.15) is 10.2 Å². The minimum absolute atomic E-state index is 0.122. The zero-order valence-electron chi connectivity index (χ0n) is 11.7. The molecule has 2 aromatic rings. The summed E-state index contributed by atoms with van der Waals surface area (Å²) in [7, 11) is -3.62. The predicted octanol–water partition coefficient (Wildman–Crippen LogP) is 0.172. The molecular weight excluding hydrogens is 292 g/mol. The Morgan fingerprint density at radius 1 is 1.19 bits per heavy atom. The average molecular weight is 310 g/mol. The number of H-pyrrole nitrogens is 2. The first-order valence-electron chi connectivity index (χ1n) is 6.80. The van der Waals surface area contributed by atoms with Crippen LogP contribution in [-0.2, 0) is 23.1 Å². The van der Waals surface area contributed by atoms with Crippen LogP contribution in [-0.4, -0.2) is 34.9 Å². The van der Waals surface area contributed by atoms with Crippen molar-refractivity contribution in [1.82, 2.24) is 30.4 Å². The molecule has 4 N–H and O–H groups in total. The van der Waals surface area contributed by atoms with Gasteiger partial charge >= 0.3 is 0 Å². The molecule has 0 saturated heterocycles. The second-order valence-corrected chi connectivity index (χ2v) is 6.93. The van der Waals surface area contributed by atoms with Gasteiger partial charge < -0.3 is 5.32 Å². The fourth-order valence-corrected chi connectivity index (χ4v) is 3.13. The predicted molar refractivity (Wildman–Crippen MR) is 75.8 cm³/mol. The van der Waals surface area contributed by atoms with E-state index in [0.29, 0.717) is 18.2 Å². The second-order valence-electron chi connectivity index (χ2n) is 5.22. The van der Waals surface area contributed by atoms with Crippen LogP contribution >= 0.6 is 0 Å². The molecule has 0 radical (unpaired) electrons. The molecule has 0 unspecified atom stereocenters. The maximum atomic E-state index is 12.3. The van der Waals surface area contributed by atoms with Crippen molar-refractivity contribution in [3.05, 3.63) is 29.2 Å². The number of nitrogens with zero attached hydrogens (tertiary/aromatic N) is 2. The van der Waals surface area contributed by atoms with Crippen LogP contribution in [0.1, 0.15) is 29.7 Å². The molecule has 1 aliphatic rings. The summed E-state index contributed by atoms with van der Waals surface area (Å²) in [5.74, 6) is 0. The van der Waals surface area contributed by atoms with Crippen molar-refractivity contribution in [1.29, 1.82) is 0 Å². The molecule has 1 aliphatic carbocycles. The summed E-state index contributed by atoms with van der Waals surface area (Å²) in [5.41, 5.74) is 2.31. The van der Waals surface area contributed by atoms with Crippen LogP contribution in [0.25, 0.3) is 0 Å². The fourth-order valence-electron chi connectivity index (χ4n) is 2.00. The minimum Gasteiger partial charge on any atom is -0.310 e. The van der Waals surface area contributed by atoms with E-state index < -0.39 is 10.0 Å². The Morgan fingerprint density at radius 3 is 2.57 bits per heavy atom. The third-order valence-electron chi connectivity index (χ3n) is 3.49. The van der Waals surface area contributed by atoms with Crippen LogP contribution < -0.4 is 10.0 Å². The molecule has 1 saturated carbocycles. The number of hydrogen-bond acceptors (Lipinski definition) is 5. The van der Waals surface area contributed by atoms with E-state index in [1.54, 1.807) is 12.4 Å². The molecule has 8 nitrogen and oxygen atoms in total. The van der Waals surface area contributed by atoms with Gasteiger partial charge in [-0.1, -0.05) is 0 Å². The lowest BCUT2D eigenvalue weighted by Crippen LogP contribution is -2.26. The van der Waals surface area contributed by atoms with Crippen molar-refractivity contribution in [3.63, 3.8) is 0 Å². The summed E-state index contributed by atoms with van der Waals surface area (Å²) in [5, 5.41) is 16.5. The second kappa shape index (κ2) is 5.58. The van der Waals surface area contributed by atoms with Crippen molar-refractivity contribution in [3.8, 4) is 0 Å². The molecule has 21 heavy (non-hydrogen) atoms. The molecule has 2 aromatic heterocycles. The lowest BCUT2D eigenvalue weighted by Gasteiger charge is -2.07. The molecule has 0 aromatic carbocycles. The Hall–Kier alpha value is -1.71. The van der Waals surface area contributed by atoms with Gasteiger partial charge in [-0.3, -0.25) is 10.2 Å². The third kappa shape index (κ3) is 3.31. The molecule has 3 rings (SSSR count). The summed E-state index contributed by atoms with van der Waals surface area (Å²) in [6.07, 6.45) is 5.46. The van der Waals surface area contributed by atoms with Crippen molar-refractivity contribution in [2.24, 2.45) is 0 Å². The van der Waals surface area contributed by atoms with E-state index in [4.69, 9.17) is 0 Å². The Balaban J connectivity index is 1.69. The fraction of sp³-hybridized carbons (Fsp3) is 0.500. The average Bonchev–Trinajstić information content (AvgIpc) is 2.98. The van der Waals surface area contributed by atoms with Gasteiger partial charge in [-0.05, 0) is 19.8 Å². The Labute approximate surface area is 122 Å². The van der Waals surface area contributed by atoms with Gasteiger partial charge in [0, 0.05) is 36.0 Å². The van der Waals surface area contributed by atoms with E-state index in [1.807, 2.05) is 6.92 Å². The number of aromatic nitrogens is 4. The normalized spacial score (nSPS) is 15.5. The van der Waals surface area contributed by atoms with Crippen molar-refractivity contribution >= 4 is 10.0 Å². The zero-order valence-corrected chi connectivity index (χ0v) is 12.5. The van der Waals surface area contributed by atoms with Crippen LogP contribution in [0.5, 0.6) is 0 Å². The number of nitrogens with one attached hydrogen (secondary N) is 4. The first-order valence-corrected chi connectivity index (χ1v) is 8.29. The lowest BCUT2D eigenvalue weighted by molar-refractivity contribution is 0.573. The summed E-state index contributed by atoms with van der Waals surface area (Å²) < 4.78 is 27.2. The Morgan fingerprint density at radius 2 is 1.90 bits per heavy atom. The molecule has 0 amide bonds. The molecular formula is C12H18N6O2S. The molecule has 9 heteroatoms. The number of aryl methyl sites for hydroxylation is 1. The minimum atomic E-state index is -3.62. The molecule has 1 fully saturated rings. The summed E-state index contributed by atoms with van der Waals surface area (Å²) >= 11 is 0. The standard InChI is InChI=1S/C12H18N6O2S/c1-8-9(5-14-17-8)7-16-21(19,20)12-10(6-15-18-12)4-13-11-2-3-11/h5-6,11,13,16H,2-4,7H2,1H3,(H,14,17)(H,15,18). The molecule has 0 atom stereocenters. The quantitative estimate of drug-likeness (QED) is 0.582. The largest absolute Gasteiger partial charge is 0.310 e. The number of rotatable bonds is 7. The highest BCUT2D eigenvalue weighted by atomic mass is 32.2. The Kier molecular flexibility index (Phi) is 3.79. The topological polar surface area (TPSA) is 116 Å². The van der Waals surface area contributed by atoms with Crippen LogP contribution in [0, 0.1) is 6.92 Å². The summed E-state index contributed by atoms with van der Waals surface area (Å²) in [4.78, 5) is 0. The summed E-state index contributed by atoms with van der Waals surface area (Å²) in [6.45, 7) is 2.54. The van der Waals surface area contributed by atoms with Crippen molar-refractivity contribution in [2.75, 3.05) is 0 Å². The molecule has 114 valence electrons. The molecule has 2 heterocycles. The molecule has 0 aliphatic heterocycles. The monoisotopic (exact) mass is 310 g/mol. The first-order chi connectivity index (χ1) is 10.1. The van der Waals surface area contributed by atoms with Gasteiger partial charge in [0.15, 0.2) is 5.03 Å². The molecule has 0 spiro atoms. The summed E-state index contributed by atoms with van der Waals surface area (Å²) in [6, 6.07) is 0.511. The van der Waals surface area contributed by atoms with E-state index in [1.165, 1.54) is 0 Å². The highest BCUT2D eigenvalue weighted by Crippen LogP contribution is 2.20. The third-order valence-corrected chi connectivity index (χ3v) is 4.91. The van der Waals surface area contributed by atoms with Crippen molar-refractivity contribution in [2.45, 2.75) is 43.9 Å². The van der Waals surface area contributed by atoms with Crippen LogP contribution in [0.3, 0.4) is 0 Å². The SMILES string of the molecule is Cc1[nH]ncc1CNS(=O)(=O)c1[nH]ncc1CNC1CC1. The van der Waals surface area contributed by atoms with Crippen LogP contribution in [0.4, 0.5) is 0 Å². The van der Waals surface area contributed by atoms with Gasteiger partial charge in [0.05, 0.1) is 12.4 Å². The van der Waals surface area contributed by atoms with Gasteiger partial charge in [0.2, 0.25) is 0 Å². The first kappa shape index (κ1) is 14.2. The van der Waals surface area contributed by atoms with E-state index in [-0.39, 0.29) is 11.6 Å². The smallest absolute Gasteiger partial charge is 0.258 e. The van der Waals surface area contributed by atoms with E-state index in [9.17, 15) is 8.42 Å². The van der Waals surface area contributed by atoms with Gasteiger partial charge in [-0.15, -0.1) is 0 Å². The van der Waals surface area contributed by atoms with Gasteiger partial charge in [-0.25, -0.2) is 13.1 Å². The van der Waals surface area contributed by atoms with Crippen LogP contribution in [0.2, 0.25) is 0 Å². The number of aromatic amines is 2. The van der Waals surface area contributed by atoms with Crippen LogP contribution in [0.15, 0.2) is 17.4 Å². The van der Waals surface area contributed by atoms with E-state index >= 15 is 0 Å². The van der Waals surface area contributed by atoms with Gasteiger partial charge in [0.1, 0.15) is 0 Å². The highest BCUT2D eigenvalue weighted by molar-refractivity contribution is 7.89. The van der Waals surface area contributed by atoms with E-state index in [0.717, 1.165) is 24.1 Å². The lowest BCUT2D eigenvalue weighted by atomic mass is 10.3. The maximum absolute atomic E-state index is 12.3. The van der Waals surface area contributed by atoms with E-state index in [2.05, 4.69) is 30.4 Å². The number of sulfonamides is 1. The number of hydrogen-bond donors (Lipinski definition) is 4. The molecule has 0 bridgehead atoms. The van der Waals surface area contributed by atoms with Crippen molar-refractivity contribution < 1.29 is 8.42 Å². The maximum Gasteiger partial charge on any atom is 0.258 e.